The smallest absolute Gasteiger partial charge is 0.237 e. The molecular formula is C13H16N2O3. The van der Waals surface area contributed by atoms with E-state index in [-0.39, 0.29) is 11.8 Å². The Hall–Kier alpha value is -2.04. The zero-order chi connectivity index (χ0) is 13.3. The van der Waals surface area contributed by atoms with Crippen molar-refractivity contribution in [1.29, 1.82) is 0 Å². The highest BCUT2D eigenvalue weighted by atomic mass is 16.5. The predicted molar refractivity (Wildman–Crippen MR) is 67.5 cm³/mol. The molecule has 0 spiro atoms. The van der Waals surface area contributed by atoms with Crippen LogP contribution >= 0.6 is 0 Å². The number of nitrogens with zero attached hydrogens (tertiary/aromatic N) is 1. The van der Waals surface area contributed by atoms with Crippen LogP contribution in [-0.4, -0.2) is 37.9 Å². The number of amides is 2. The quantitative estimate of drug-likeness (QED) is 0.791. The Morgan fingerprint density at radius 2 is 2.17 bits per heavy atom. The molecule has 0 saturated carbocycles. The fourth-order valence-electron chi connectivity index (χ4n) is 2.02. The first-order chi connectivity index (χ1) is 8.52. The average Bonchev–Trinajstić information content (AvgIpc) is 2.36. The van der Waals surface area contributed by atoms with E-state index in [0.29, 0.717) is 12.2 Å². The minimum absolute atomic E-state index is 0.172. The number of benzene rings is 1. The highest BCUT2D eigenvalue weighted by Gasteiger charge is 2.33. The molecule has 5 heteroatoms. The summed E-state index contributed by atoms with van der Waals surface area (Å²) >= 11 is 0. The normalized spacial score (nSPS) is 17.7. The van der Waals surface area contributed by atoms with Gasteiger partial charge in [-0.25, -0.2) is 0 Å². The molecule has 0 aromatic heterocycles. The summed E-state index contributed by atoms with van der Waals surface area (Å²) in [6.07, 6.45) is 0.433. The van der Waals surface area contributed by atoms with Gasteiger partial charge < -0.3 is 15.0 Å². The Bertz CT molecular complexity index is 497. The molecule has 2 amide bonds. The highest BCUT2D eigenvalue weighted by molar-refractivity contribution is 6.08. The van der Waals surface area contributed by atoms with Crippen molar-refractivity contribution in [3.8, 4) is 5.75 Å². The number of fused-ring (bicyclic) bond motifs is 1. The Morgan fingerprint density at radius 1 is 1.44 bits per heavy atom. The summed E-state index contributed by atoms with van der Waals surface area (Å²) in [5, 5.41) is 2.75. The number of nitrogens with one attached hydrogen (secondary N) is 1. The summed E-state index contributed by atoms with van der Waals surface area (Å²) in [5.74, 6) is -0.379. The maximum Gasteiger partial charge on any atom is 0.237 e. The molecule has 1 aromatic rings. The number of anilines is 1. The molecule has 0 aliphatic carbocycles. The standard InChI is InChI=1S/C13H16N2O3/c1-15(2)13(17)10-6-8-4-5-9(18-3)7-11(8)14-12(10)16/h4-5,7,10H,6H2,1-3H3,(H,14,16). The van der Waals surface area contributed by atoms with Gasteiger partial charge in [0.05, 0.1) is 7.11 Å². The Labute approximate surface area is 106 Å². The lowest BCUT2D eigenvalue weighted by molar-refractivity contribution is -0.138. The van der Waals surface area contributed by atoms with Crippen molar-refractivity contribution in [3.63, 3.8) is 0 Å². The first-order valence-electron chi connectivity index (χ1n) is 5.72. The highest BCUT2D eigenvalue weighted by Crippen LogP contribution is 2.29. The van der Waals surface area contributed by atoms with Crippen LogP contribution in [0.1, 0.15) is 5.56 Å². The van der Waals surface area contributed by atoms with Crippen LogP contribution in [0.4, 0.5) is 5.69 Å². The van der Waals surface area contributed by atoms with Gasteiger partial charge in [-0.3, -0.25) is 9.59 Å². The third-order valence-electron chi connectivity index (χ3n) is 3.05. The topological polar surface area (TPSA) is 58.6 Å². The molecule has 0 fully saturated rings. The molecule has 1 aromatic carbocycles. The molecule has 0 radical (unpaired) electrons. The Kier molecular flexibility index (Phi) is 3.23. The molecule has 1 aliphatic rings. The molecule has 1 atom stereocenters. The molecule has 0 bridgehead atoms. The second-order valence-electron chi connectivity index (χ2n) is 4.50. The van der Waals surface area contributed by atoms with Crippen molar-refractivity contribution >= 4 is 17.5 Å². The number of carbonyl (C=O) groups excluding carboxylic acids is 2. The zero-order valence-electron chi connectivity index (χ0n) is 10.7. The number of ether oxygens (including phenoxy) is 1. The van der Waals surface area contributed by atoms with Crippen LogP contribution in [-0.2, 0) is 16.0 Å². The molecule has 96 valence electrons. The van der Waals surface area contributed by atoms with Crippen LogP contribution in [0.15, 0.2) is 18.2 Å². The van der Waals surface area contributed by atoms with E-state index in [1.54, 1.807) is 27.3 Å². The lowest BCUT2D eigenvalue weighted by atomic mass is 9.92. The largest absolute Gasteiger partial charge is 0.497 e. The van der Waals surface area contributed by atoms with Gasteiger partial charge in [-0.2, -0.15) is 0 Å². The van der Waals surface area contributed by atoms with Crippen LogP contribution in [0.25, 0.3) is 0 Å². The fraction of sp³-hybridized carbons (Fsp3) is 0.385. The van der Waals surface area contributed by atoms with E-state index in [1.165, 1.54) is 4.90 Å². The van der Waals surface area contributed by atoms with Crippen molar-refractivity contribution < 1.29 is 14.3 Å². The monoisotopic (exact) mass is 248 g/mol. The number of carbonyl (C=O) groups is 2. The third kappa shape index (κ3) is 2.16. The van der Waals surface area contributed by atoms with Crippen LogP contribution in [0.3, 0.4) is 0 Å². The molecule has 18 heavy (non-hydrogen) atoms. The second-order valence-corrected chi connectivity index (χ2v) is 4.50. The van der Waals surface area contributed by atoms with Crippen molar-refractivity contribution in [3.05, 3.63) is 23.8 Å². The van der Waals surface area contributed by atoms with Gasteiger partial charge in [-0.05, 0) is 18.1 Å². The summed E-state index contributed by atoms with van der Waals surface area (Å²) < 4.78 is 5.10. The fourth-order valence-corrected chi connectivity index (χ4v) is 2.02. The summed E-state index contributed by atoms with van der Waals surface area (Å²) in [4.78, 5) is 25.2. The van der Waals surface area contributed by atoms with E-state index < -0.39 is 5.92 Å². The molecule has 2 rings (SSSR count). The minimum Gasteiger partial charge on any atom is -0.497 e. The molecule has 5 nitrogen and oxygen atoms in total. The number of hydrogen-bond donors (Lipinski definition) is 1. The van der Waals surface area contributed by atoms with Gasteiger partial charge in [0.2, 0.25) is 11.8 Å². The average molecular weight is 248 g/mol. The molecule has 1 unspecified atom stereocenters. The van der Waals surface area contributed by atoms with E-state index in [9.17, 15) is 9.59 Å². The second kappa shape index (κ2) is 4.68. The number of rotatable bonds is 2. The number of methoxy groups -OCH3 is 1. The SMILES string of the molecule is COc1ccc2c(c1)NC(=O)C(C(=O)N(C)C)C2. The molecular weight excluding hydrogens is 232 g/mol. The Balaban J connectivity index is 2.29. The van der Waals surface area contributed by atoms with Gasteiger partial charge in [0.1, 0.15) is 11.7 Å². The first kappa shape index (κ1) is 12.4. The first-order valence-corrected chi connectivity index (χ1v) is 5.72. The van der Waals surface area contributed by atoms with E-state index in [4.69, 9.17) is 4.74 Å². The molecule has 1 aliphatic heterocycles. The van der Waals surface area contributed by atoms with Gasteiger partial charge in [0, 0.05) is 25.8 Å². The van der Waals surface area contributed by atoms with Crippen molar-refractivity contribution in [2.24, 2.45) is 5.92 Å². The third-order valence-corrected chi connectivity index (χ3v) is 3.05. The number of hydrogen-bond acceptors (Lipinski definition) is 3. The molecule has 1 N–H and O–H groups in total. The van der Waals surface area contributed by atoms with E-state index >= 15 is 0 Å². The van der Waals surface area contributed by atoms with E-state index in [1.807, 2.05) is 12.1 Å². The molecule has 0 saturated heterocycles. The molecule has 1 heterocycles. The van der Waals surface area contributed by atoms with Gasteiger partial charge in [-0.15, -0.1) is 0 Å². The minimum atomic E-state index is -0.638. The zero-order valence-corrected chi connectivity index (χ0v) is 10.7. The maximum absolute atomic E-state index is 11.9. The predicted octanol–water partition coefficient (Wildman–Crippen LogP) is 0.894. The maximum atomic E-state index is 11.9. The van der Waals surface area contributed by atoms with Crippen LogP contribution in [0.5, 0.6) is 5.75 Å². The van der Waals surface area contributed by atoms with E-state index in [0.717, 1.165) is 11.3 Å². The lowest BCUT2D eigenvalue weighted by Gasteiger charge is -2.26. The Morgan fingerprint density at radius 3 is 2.78 bits per heavy atom. The van der Waals surface area contributed by atoms with Gasteiger partial charge in [-0.1, -0.05) is 6.07 Å². The van der Waals surface area contributed by atoms with Gasteiger partial charge >= 0.3 is 0 Å². The summed E-state index contributed by atoms with van der Waals surface area (Å²) in [6.45, 7) is 0. The van der Waals surface area contributed by atoms with Crippen LogP contribution in [0, 0.1) is 5.92 Å². The van der Waals surface area contributed by atoms with Gasteiger partial charge in [0.25, 0.3) is 0 Å². The van der Waals surface area contributed by atoms with Crippen molar-refractivity contribution in [2.45, 2.75) is 6.42 Å². The van der Waals surface area contributed by atoms with Crippen molar-refractivity contribution in [1.82, 2.24) is 4.90 Å². The summed E-state index contributed by atoms with van der Waals surface area (Å²) in [7, 11) is 4.88. The van der Waals surface area contributed by atoms with E-state index in [2.05, 4.69) is 5.32 Å². The lowest BCUT2D eigenvalue weighted by Crippen LogP contribution is -2.41. The van der Waals surface area contributed by atoms with Gasteiger partial charge in [0.15, 0.2) is 0 Å². The van der Waals surface area contributed by atoms with Crippen LogP contribution < -0.4 is 10.1 Å². The van der Waals surface area contributed by atoms with Crippen LogP contribution in [0.2, 0.25) is 0 Å². The van der Waals surface area contributed by atoms with Crippen molar-refractivity contribution in [2.75, 3.05) is 26.5 Å². The summed E-state index contributed by atoms with van der Waals surface area (Å²) in [6, 6.07) is 5.47. The summed E-state index contributed by atoms with van der Waals surface area (Å²) in [5.41, 5.74) is 1.68.